The van der Waals surface area contributed by atoms with E-state index in [9.17, 15) is 0 Å². The third-order valence-electron chi connectivity index (χ3n) is 3.56. The van der Waals surface area contributed by atoms with Crippen molar-refractivity contribution in [1.82, 2.24) is 0 Å². The Labute approximate surface area is 138 Å². The number of alkyl halides is 1. The molecule has 2 aromatic carbocycles. The number of halogens is 1. The summed E-state index contributed by atoms with van der Waals surface area (Å²) in [7, 11) is 1.68. The highest BCUT2D eigenvalue weighted by Gasteiger charge is 2.22. The number of ether oxygens (including phenoxy) is 2. The summed E-state index contributed by atoms with van der Waals surface area (Å²) in [5, 5.41) is 1.27. The predicted molar refractivity (Wildman–Crippen MR) is 90.9 cm³/mol. The first-order chi connectivity index (χ1) is 10.3. The lowest BCUT2D eigenvalue weighted by atomic mass is 10.1. The van der Waals surface area contributed by atoms with Gasteiger partial charge < -0.3 is 9.47 Å². The Bertz CT molecular complexity index is 605. The second kappa shape index (κ2) is 6.75. The van der Waals surface area contributed by atoms with Crippen LogP contribution in [-0.4, -0.2) is 19.0 Å². The minimum absolute atomic E-state index is 0.483. The van der Waals surface area contributed by atoms with Gasteiger partial charge in [0.15, 0.2) is 0 Å². The van der Waals surface area contributed by atoms with Gasteiger partial charge in [0.2, 0.25) is 0 Å². The lowest BCUT2D eigenvalue weighted by molar-refractivity contribution is 0.312. The summed E-state index contributed by atoms with van der Waals surface area (Å²) in [6.07, 6.45) is 1.08. The van der Waals surface area contributed by atoms with Gasteiger partial charge >= 0.3 is 0 Å². The van der Waals surface area contributed by atoms with Crippen LogP contribution in [0.2, 0.25) is 0 Å². The smallest absolute Gasteiger partial charge is 0.127 e. The van der Waals surface area contributed by atoms with Gasteiger partial charge in [-0.3, -0.25) is 0 Å². The van der Waals surface area contributed by atoms with Gasteiger partial charge in [-0.15, -0.1) is 11.8 Å². The first-order valence-corrected chi connectivity index (χ1v) is 8.90. The summed E-state index contributed by atoms with van der Waals surface area (Å²) in [6.45, 7) is 0.715. The highest BCUT2D eigenvalue weighted by atomic mass is 79.9. The van der Waals surface area contributed by atoms with Crippen molar-refractivity contribution in [2.45, 2.75) is 21.9 Å². The third-order valence-corrected chi connectivity index (χ3v) is 5.45. The van der Waals surface area contributed by atoms with E-state index < -0.39 is 0 Å². The van der Waals surface area contributed by atoms with E-state index in [2.05, 4.69) is 40.2 Å². The summed E-state index contributed by atoms with van der Waals surface area (Å²) in [6, 6.07) is 14.6. The molecule has 2 aromatic rings. The van der Waals surface area contributed by atoms with Crippen LogP contribution in [0.1, 0.15) is 11.1 Å². The average molecular weight is 365 g/mol. The zero-order chi connectivity index (χ0) is 14.7. The van der Waals surface area contributed by atoms with Crippen molar-refractivity contribution in [3.63, 3.8) is 0 Å². The van der Waals surface area contributed by atoms with Gasteiger partial charge in [-0.2, -0.15) is 0 Å². The molecule has 0 aromatic heterocycles. The van der Waals surface area contributed by atoms with Crippen molar-refractivity contribution in [2.75, 3.05) is 13.7 Å². The normalized spacial score (nSPS) is 16.6. The van der Waals surface area contributed by atoms with E-state index in [0.29, 0.717) is 11.9 Å². The lowest BCUT2D eigenvalue weighted by Crippen LogP contribution is -2.14. The monoisotopic (exact) mass is 364 g/mol. The standard InChI is InChI=1S/C17H17BrO2S/c1-19-14-7-6-13(10-18)16(9-14)20-11-15-8-12-4-2-3-5-17(12)21-15/h2-7,9,15H,8,10-11H2,1H3. The molecule has 3 rings (SSSR count). The van der Waals surface area contributed by atoms with Gasteiger partial charge in [-0.1, -0.05) is 40.2 Å². The van der Waals surface area contributed by atoms with E-state index in [4.69, 9.17) is 9.47 Å². The molecule has 0 spiro atoms. The molecule has 0 radical (unpaired) electrons. The van der Waals surface area contributed by atoms with Crippen LogP contribution < -0.4 is 9.47 Å². The van der Waals surface area contributed by atoms with Gasteiger partial charge in [0, 0.05) is 27.1 Å². The molecule has 0 fully saturated rings. The summed E-state index contributed by atoms with van der Waals surface area (Å²) in [4.78, 5) is 1.39. The lowest BCUT2D eigenvalue weighted by Gasteiger charge is -2.14. The van der Waals surface area contributed by atoms with Crippen LogP contribution in [0.15, 0.2) is 47.4 Å². The molecule has 0 bridgehead atoms. The molecule has 0 amide bonds. The first kappa shape index (κ1) is 14.8. The van der Waals surface area contributed by atoms with Crippen molar-refractivity contribution in [1.29, 1.82) is 0 Å². The number of thioether (sulfide) groups is 1. The molecule has 1 aliphatic rings. The summed E-state index contributed by atoms with van der Waals surface area (Å²) >= 11 is 5.42. The predicted octanol–water partition coefficient (Wildman–Crippen LogP) is 4.69. The maximum absolute atomic E-state index is 6.05. The maximum atomic E-state index is 6.05. The second-order valence-electron chi connectivity index (χ2n) is 4.97. The Balaban J connectivity index is 1.66. The van der Waals surface area contributed by atoms with Gasteiger partial charge in [-0.25, -0.2) is 0 Å². The highest BCUT2D eigenvalue weighted by molar-refractivity contribution is 9.08. The molecule has 0 saturated carbocycles. The van der Waals surface area contributed by atoms with Gasteiger partial charge in [0.1, 0.15) is 18.1 Å². The van der Waals surface area contributed by atoms with E-state index in [1.165, 1.54) is 10.5 Å². The topological polar surface area (TPSA) is 18.5 Å². The van der Waals surface area contributed by atoms with E-state index in [1.54, 1.807) is 7.11 Å². The Morgan fingerprint density at radius 1 is 1.24 bits per heavy atom. The molecular weight excluding hydrogens is 348 g/mol. The van der Waals surface area contributed by atoms with Gasteiger partial charge in [0.25, 0.3) is 0 Å². The van der Waals surface area contributed by atoms with Crippen molar-refractivity contribution >= 4 is 27.7 Å². The number of rotatable bonds is 5. The molecule has 0 saturated heterocycles. The minimum Gasteiger partial charge on any atom is -0.497 e. The fourth-order valence-corrected chi connectivity index (χ4v) is 4.12. The molecule has 2 nitrogen and oxygen atoms in total. The molecule has 0 aliphatic carbocycles. The fraction of sp³-hybridized carbons (Fsp3) is 0.294. The van der Waals surface area contributed by atoms with E-state index >= 15 is 0 Å². The van der Waals surface area contributed by atoms with E-state index in [0.717, 1.165) is 28.8 Å². The number of hydrogen-bond donors (Lipinski definition) is 0. The van der Waals surface area contributed by atoms with Crippen LogP contribution >= 0.6 is 27.7 Å². The molecule has 1 atom stereocenters. The second-order valence-corrected chi connectivity index (χ2v) is 6.87. The number of hydrogen-bond acceptors (Lipinski definition) is 3. The summed E-state index contributed by atoms with van der Waals surface area (Å²) < 4.78 is 11.3. The van der Waals surface area contributed by atoms with E-state index in [-0.39, 0.29) is 0 Å². The minimum atomic E-state index is 0.483. The van der Waals surface area contributed by atoms with Crippen molar-refractivity contribution < 1.29 is 9.47 Å². The first-order valence-electron chi connectivity index (χ1n) is 6.90. The molecule has 0 N–H and O–H groups in total. The van der Waals surface area contributed by atoms with Crippen LogP contribution in [0.25, 0.3) is 0 Å². The zero-order valence-electron chi connectivity index (χ0n) is 11.8. The number of benzene rings is 2. The molecule has 110 valence electrons. The van der Waals surface area contributed by atoms with Crippen LogP contribution in [-0.2, 0) is 11.8 Å². The Kier molecular flexibility index (Phi) is 4.76. The molecular formula is C17H17BrO2S. The third kappa shape index (κ3) is 3.38. The van der Waals surface area contributed by atoms with Gasteiger partial charge in [-0.05, 0) is 24.1 Å². The van der Waals surface area contributed by atoms with Crippen LogP contribution in [0.3, 0.4) is 0 Å². The average Bonchev–Trinajstić information content (AvgIpc) is 2.95. The highest BCUT2D eigenvalue weighted by Crippen LogP contribution is 2.37. The van der Waals surface area contributed by atoms with Crippen molar-refractivity contribution in [3.05, 3.63) is 53.6 Å². The van der Waals surface area contributed by atoms with E-state index in [1.807, 2.05) is 30.0 Å². The van der Waals surface area contributed by atoms with Crippen LogP contribution in [0, 0.1) is 0 Å². The Morgan fingerprint density at radius 2 is 2.10 bits per heavy atom. The van der Waals surface area contributed by atoms with Crippen molar-refractivity contribution in [2.24, 2.45) is 0 Å². The fourth-order valence-electron chi connectivity index (χ4n) is 2.44. The SMILES string of the molecule is COc1ccc(CBr)c(OCC2Cc3ccccc3S2)c1. The van der Waals surface area contributed by atoms with Gasteiger partial charge in [0.05, 0.1) is 7.11 Å². The zero-order valence-corrected chi connectivity index (χ0v) is 14.2. The van der Waals surface area contributed by atoms with Crippen LogP contribution in [0.5, 0.6) is 11.5 Å². The molecule has 4 heteroatoms. The Morgan fingerprint density at radius 3 is 2.86 bits per heavy atom. The Hall–Kier alpha value is -1.13. The summed E-state index contributed by atoms with van der Waals surface area (Å²) in [5.41, 5.74) is 2.58. The number of methoxy groups -OCH3 is 1. The molecule has 1 aliphatic heterocycles. The summed E-state index contributed by atoms with van der Waals surface area (Å²) in [5.74, 6) is 1.74. The molecule has 1 heterocycles. The maximum Gasteiger partial charge on any atom is 0.127 e. The van der Waals surface area contributed by atoms with Crippen molar-refractivity contribution in [3.8, 4) is 11.5 Å². The molecule has 1 unspecified atom stereocenters. The van der Waals surface area contributed by atoms with Crippen LogP contribution in [0.4, 0.5) is 0 Å². The number of fused-ring (bicyclic) bond motifs is 1. The quantitative estimate of drug-likeness (QED) is 0.717. The largest absolute Gasteiger partial charge is 0.497 e. The molecule has 21 heavy (non-hydrogen) atoms.